The van der Waals surface area contributed by atoms with Gasteiger partial charge in [0, 0.05) is 5.33 Å². The van der Waals surface area contributed by atoms with E-state index in [4.69, 9.17) is 4.74 Å². The van der Waals surface area contributed by atoms with Crippen molar-refractivity contribution in [1.82, 2.24) is 0 Å². The number of ether oxygens (including phenoxy) is 1. The molecule has 1 nitrogen and oxygen atoms in total. The molecule has 0 radical (unpaired) electrons. The zero-order chi connectivity index (χ0) is 7.73. The van der Waals surface area contributed by atoms with Crippen LogP contribution < -0.4 is 0 Å². The van der Waals surface area contributed by atoms with Crippen molar-refractivity contribution in [2.24, 2.45) is 5.41 Å². The number of hydrogen-bond donors (Lipinski definition) is 0. The Morgan fingerprint density at radius 2 is 2.18 bits per heavy atom. The minimum absolute atomic E-state index is 0.501. The summed E-state index contributed by atoms with van der Waals surface area (Å²) in [5.41, 5.74) is 0.638. The van der Waals surface area contributed by atoms with Crippen LogP contribution in [-0.2, 0) is 4.74 Å². The van der Waals surface area contributed by atoms with Crippen molar-refractivity contribution in [3.8, 4) is 0 Å². The van der Waals surface area contributed by atoms with Crippen molar-refractivity contribution >= 4 is 15.9 Å². The summed E-state index contributed by atoms with van der Waals surface area (Å²) in [5, 5.41) is 1.02. The lowest BCUT2D eigenvalue weighted by atomic mass is 9.65. The minimum Gasteiger partial charge on any atom is -0.377 e. The van der Waals surface area contributed by atoms with Crippen LogP contribution in [0.1, 0.15) is 32.1 Å². The highest BCUT2D eigenvalue weighted by Gasteiger charge is 2.40. The molecule has 1 spiro atoms. The molecule has 2 fully saturated rings. The van der Waals surface area contributed by atoms with E-state index in [0.29, 0.717) is 11.5 Å². The lowest BCUT2D eigenvalue weighted by Crippen LogP contribution is -2.41. The molecule has 0 aromatic carbocycles. The molecule has 0 amide bonds. The molecule has 64 valence electrons. The monoisotopic (exact) mass is 218 g/mol. The highest BCUT2D eigenvalue weighted by molar-refractivity contribution is 9.09. The molecule has 2 heteroatoms. The van der Waals surface area contributed by atoms with Crippen LogP contribution in [0.3, 0.4) is 0 Å². The molecule has 1 saturated carbocycles. The summed E-state index contributed by atoms with van der Waals surface area (Å²) in [6, 6.07) is 0. The third-order valence-corrected chi connectivity index (χ3v) is 3.93. The molecule has 1 unspecified atom stereocenters. The Bertz CT molecular complexity index is 132. The van der Waals surface area contributed by atoms with Gasteiger partial charge in [-0.2, -0.15) is 0 Å². The van der Waals surface area contributed by atoms with Gasteiger partial charge in [-0.15, -0.1) is 0 Å². The van der Waals surface area contributed by atoms with Gasteiger partial charge in [-0.3, -0.25) is 0 Å². The molecule has 1 aliphatic heterocycles. The second kappa shape index (κ2) is 3.06. The van der Waals surface area contributed by atoms with E-state index >= 15 is 0 Å². The summed E-state index contributed by atoms with van der Waals surface area (Å²) in [7, 11) is 0. The molecule has 0 aromatic heterocycles. The van der Waals surface area contributed by atoms with Crippen LogP contribution in [0.2, 0.25) is 0 Å². The Hall–Kier alpha value is 0.440. The standard InChI is InChI=1S/C9H15BrO/c10-6-8-2-5-9(7-11-8)3-1-4-9/h8H,1-7H2. The Labute approximate surface area is 76.6 Å². The molecular weight excluding hydrogens is 204 g/mol. The summed E-state index contributed by atoms with van der Waals surface area (Å²) >= 11 is 3.46. The fourth-order valence-electron chi connectivity index (χ4n) is 2.11. The summed E-state index contributed by atoms with van der Waals surface area (Å²) in [6.45, 7) is 1.03. The van der Waals surface area contributed by atoms with E-state index in [1.807, 2.05) is 0 Å². The molecule has 2 rings (SSSR count). The van der Waals surface area contributed by atoms with Crippen molar-refractivity contribution < 1.29 is 4.74 Å². The van der Waals surface area contributed by atoms with Gasteiger partial charge < -0.3 is 4.74 Å². The smallest absolute Gasteiger partial charge is 0.0672 e. The summed E-state index contributed by atoms with van der Waals surface area (Å²) in [4.78, 5) is 0. The summed E-state index contributed by atoms with van der Waals surface area (Å²) in [6.07, 6.45) is 7.45. The van der Waals surface area contributed by atoms with Gasteiger partial charge in [0.2, 0.25) is 0 Å². The van der Waals surface area contributed by atoms with Gasteiger partial charge >= 0.3 is 0 Å². The second-order valence-corrected chi connectivity index (χ2v) is 4.63. The summed E-state index contributed by atoms with van der Waals surface area (Å²) in [5.74, 6) is 0. The van der Waals surface area contributed by atoms with Crippen LogP contribution in [-0.4, -0.2) is 18.0 Å². The van der Waals surface area contributed by atoms with Gasteiger partial charge in [0.25, 0.3) is 0 Å². The van der Waals surface area contributed by atoms with E-state index in [2.05, 4.69) is 15.9 Å². The van der Waals surface area contributed by atoms with E-state index < -0.39 is 0 Å². The van der Waals surface area contributed by atoms with Gasteiger partial charge in [0.15, 0.2) is 0 Å². The Morgan fingerprint density at radius 1 is 1.36 bits per heavy atom. The zero-order valence-corrected chi connectivity index (χ0v) is 8.40. The number of halogens is 1. The average Bonchev–Trinajstić information content (AvgIpc) is 2.02. The Balaban J connectivity index is 1.84. The lowest BCUT2D eigenvalue weighted by Gasteiger charge is -2.46. The topological polar surface area (TPSA) is 9.23 Å². The lowest BCUT2D eigenvalue weighted by molar-refractivity contribution is -0.0871. The van der Waals surface area contributed by atoms with Crippen molar-refractivity contribution in [3.63, 3.8) is 0 Å². The SMILES string of the molecule is BrCC1CCC2(CCC2)CO1. The summed E-state index contributed by atoms with van der Waals surface area (Å²) < 4.78 is 5.74. The van der Waals surface area contributed by atoms with Crippen molar-refractivity contribution in [2.45, 2.75) is 38.2 Å². The predicted octanol–water partition coefficient (Wildman–Crippen LogP) is 2.73. The zero-order valence-electron chi connectivity index (χ0n) is 6.81. The maximum Gasteiger partial charge on any atom is 0.0672 e. The third kappa shape index (κ3) is 1.48. The van der Waals surface area contributed by atoms with Crippen LogP contribution in [0.15, 0.2) is 0 Å². The molecule has 0 aromatic rings. The molecule has 1 atom stereocenters. The molecule has 1 aliphatic carbocycles. The average molecular weight is 219 g/mol. The maximum absolute atomic E-state index is 5.74. The quantitative estimate of drug-likeness (QED) is 0.616. The van der Waals surface area contributed by atoms with Crippen LogP contribution in [0, 0.1) is 5.41 Å². The van der Waals surface area contributed by atoms with Gasteiger partial charge in [0.1, 0.15) is 0 Å². The highest BCUT2D eigenvalue weighted by atomic mass is 79.9. The number of rotatable bonds is 1. The highest BCUT2D eigenvalue weighted by Crippen LogP contribution is 2.47. The molecule has 0 N–H and O–H groups in total. The normalized spacial score (nSPS) is 35.2. The molecule has 0 bridgehead atoms. The van der Waals surface area contributed by atoms with Gasteiger partial charge in [-0.1, -0.05) is 22.4 Å². The largest absolute Gasteiger partial charge is 0.377 e. The van der Waals surface area contributed by atoms with Crippen LogP contribution in [0.4, 0.5) is 0 Å². The van der Waals surface area contributed by atoms with Crippen molar-refractivity contribution in [3.05, 3.63) is 0 Å². The molecule has 2 aliphatic rings. The first kappa shape index (κ1) is 8.06. The van der Waals surface area contributed by atoms with Crippen LogP contribution in [0.5, 0.6) is 0 Å². The van der Waals surface area contributed by atoms with Gasteiger partial charge in [0.05, 0.1) is 12.7 Å². The third-order valence-electron chi connectivity index (χ3n) is 3.21. The van der Waals surface area contributed by atoms with Gasteiger partial charge in [-0.25, -0.2) is 0 Å². The van der Waals surface area contributed by atoms with E-state index in [1.54, 1.807) is 0 Å². The molecule has 11 heavy (non-hydrogen) atoms. The van der Waals surface area contributed by atoms with E-state index in [0.717, 1.165) is 11.9 Å². The molecule has 1 heterocycles. The van der Waals surface area contributed by atoms with E-state index in [9.17, 15) is 0 Å². The first-order chi connectivity index (χ1) is 5.35. The predicted molar refractivity (Wildman–Crippen MR) is 49.1 cm³/mol. The molecule has 1 saturated heterocycles. The Kier molecular flexibility index (Phi) is 2.24. The number of hydrogen-bond acceptors (Lipinski definition) is 1. The van der Waals surface area contributed by atoms with E-state index in [-0.39, 0.29) is 0 Å². The molecular formula is C9H15BrO. The first-order valence-corrected chi connectivity index (χ1v) is 5.64. The van der Waals surface area contributed by atoms with Crippen LogP contribution in [0.25, 0.3) is 0 Å². The van der Waals surface area contributed by atoms with Crippen molar-refractivity contribution in [2.75, 3.05) is 11.9 Å². The maximum atomic E-state index is 5.74. The van der Waals surface area contributed by atoms with E-state index in [1.165, 1.54) is 32.1 Å². The number of alkyl halides is 1. The second-order valence-electron chi connectivity index (χ2n) is 3.98. The van der Waals surface area contributed by atoms with Crippen molar-refractivity contribution in [1.29, 1.82) is 0 Å². The Morgan fingerprint density at radius 3 is 2.55 bits per heavy atom. The minimum atomic E-state index is 0.501. The van der Waals surface area contributed by atoms with Gasteiger partial charge in [-0.05, 0) is 31.1 Å². The first-order valence-electron chi connectivity index (χ1n) is 4.52. The van der Waals surface area contributed by atoms with Crippen LogP contribution >= 0.6 is 15.9 Å². The fourth-order valence-corrected chi connectivity index (χ4v) is 2.62. The fraction of sp³-hybridized carbons (Fsp3) is 1.00.